The first kappa shape index (κ1) is 19.2. The lowest BCUT2D eigenvalue weighted by Gasteiger charge is -2.37. The Hall–Kier alpha value is -1.11. The van der Waals surface area contributed by atoms with E-state index in [4.69, 9.17) is 4.74 Å². The van der Waals surface area contributed by atoms with E-state index >= 15 is 0 Å². The number of methoxy groups -OCH3 is 1. The Labute approximate surface area is 146 Å². The van der Waals surface area contributed by atoms with Crippen molar-refractivity contribution in [1.29, 1.82) is 0 Å². The molecule has 1 aliphatic heterocycles. The van der Waals surface area contributed by atoms with Gasteiger partial charge in [0, 0.05) is 12.1 Å². The van der Waals surface area contributed by atoms with Gasteiger partial charge in [-0.05, 0) is 44.3 Å². The Morgan fingerprint density at radius 1 is 1.29 bits per heavy atom. The third-order valence-corrected chi connectivity index (χ3v) is 6.28. The number of nitrogens with zero attached hydrogens (tertiary/aromatic N) is 1. The highest BCUT2D eigenvalue weighted by molar-refractivity contribution is 7.89. The maximum atomic E-state index is 12.1. The molecule has 1 N–H and O–H groups in total. The molecule has 1 aliphatic rings. The Kier molecular flexibility index (Phi) is 7.07. The van der Waals surface area contributed by atoms with Crippen LogP contribution in [0.15, 0.2) is 24.3 Å². The van der Waals surface area contributed by atoms with Gasteiger partial charge in [0.05, 0.1) is 18.9 Å². The van der Waals surface area contributed by atoms with E-state index < -0.39 is 10.0 Å². The quantitative estimate of drug-likeness (QED) is 0.780. The van der Waals surface area contributed by atoms with E-state index in [-0.39, 0.29) is 11.8 Å². The molecule has 1 heterocycles. The van der Waals surface area contributed by atoms with Crippen molar-refractivity contribution in [3.8, 4) is 5.75 Å². The van der Waals surface area contributed by atoms with Crippen LogP contribution in [0.4, 0.5) is 0 Å². The smallest absolute Gasteiger partial charge is 0.211 e. The lowest BCUT2D eigenvalue weighted by Crippen LogP contribution is -2.42. The molecule has 0 radical (unpaired) electrons. The summed E-state index contributed by atoms with van der Waals surface area (Å²) >= 11 is 0. The van der Waals surface area contributed by atoms with Crippen molar-refractivity contribution in [3.05, 3.63) is 29.8 Å². The van der Waals surface area contributed by atoms with Crippen LogP contribution in [0.5, 0.6) is 5.75 Å². The number of nitrogens with one attached hydrogen (secondary N) is 1. The van der Waals surface area contributed by atoms with E-state index in [1.807, 2.05) is 31.2 Å². The molecule has 1 unspecified atom stereocenters. The van der Waals surface area contributed by atoms with Crippen LogP contribution in [0, 0.1) is 5.92 Å². The van der Waals surface area contributed by atoms with Crippen LogP contribution in [0.1, 0.15) is 44.7 Å². The average molecular weight is 355 g/mol. The number of likely N-dealkylation sites (tertiary alicyclic amines) is 1. The largest absolute Gasteiger partial charge is 0.496 e. The molecule has 5 nitrogen and oxygen atoms in total. The molecule has 1 atom stereocenters. The second-order valence-electron chi connectivity index (χ2n) is 6.64. The molecule has 1 saturated heterocycles. The van der Waals surface area contributed by atoms with E-state index in [1.165, 1.54) is 0 Å². The van der Waals surface area contributed by atoms with E-state index in [0.717, 1.165) is 43.2 Å². The molecule has 0 amide bonds. The van der Waals surface area contributed by atoms with Gasteiger partial charge >= 0.3 is 0 Å². The number of hydrogen-bond acceptors (Lipinski definition) is 4. The maximum absolute atomic E-state index is 12.1. The highest BCUT2D eigenvalue weighted by Gasteiger charge is 2.27. The summed E-state index contributed by atoms with van der Waals surface area (Å²) in [4.78, 5) is 2.38. The summed E-state index contributed by atoms with van der Waals surface area (Å²) in [5.41, 5.74) is 1.05. The number of hydrogen-bond donors (Lipinski definition) is 1. The summed E-state index contributed by atoms with van der Waals surface area (Å²) in [7, 11) is -1.56. The van der Waals surface area contributed by atoms with Gasteiger partial charge in [-0.25, -0.2) is 13.1 Å². The van der Waals surface area contributed by atoms with Gasteiger partial charge in [-0.1, -0.05) is 32.0 Å². The number of ether oxygens (including phenoxy) is 1. The van der Waals surface area contributed by atoms with Crippen molar-refractivity contribution >= 4 is 10.0 Å². The minimum absolute atomic E-state index is 0.000260. The van der Waals surface area contributed by atoms with Crippen molar-refractivity contribution < 1.29 is 13.2 Å². The van der Waals surface area contributed by atoms with E-state index in [9.17, 15) is 8.42 Å². The van der Waals surface area contributed by atoms with E-state index in [2.05, 4.69) is 16.5 Å². The zero-order valence-corrected chi connectivity index (χ0v) is 15.8. The van der Waals surface area contributed by atoms with Crippen molar-refractivity contribution in [1.82, 2.24) is 9.62 Å². The molecule has 136 valence electrons. The molecule has 1 aromatic carbocycles. The van der Waals surface area contributed by atoms with Gasteiger partial charge in [0.1, 0.15) is 5.75 Å². The Morgan fingerprint density at radius 2 is 1.96 bits per heavy atom. The summed E-state index contributed by atoms with van der Waals surface area (Å²) in [5.74, 6) is 1.72. The number of sulfonamides is 1. The summed E-state index contributed by atoms with van der Waals surface area (Å²) in [6.07, 6.45) is 2.91. The highest BCUT2D eigenvalue weighted by Crippen LogP contribution is 2.32. The van der Waals surface area contributed by atoms with Crippen LogP contribution in [-0.2, 0) is 10.0 Å². The first-order valence-corrected chi connectivity index (χ1v) is 10.5. The fourth-order valence-corrected chi connectivity index (χ4v) is 4.36. The minimum Gasteiger partial charge on any atom is -0.496 e. The van der Waals surface area contributed by atoms with Crippen LogP contribution in [0.3, 0.4) is 0 Å². The fraction of sp³-hybridized carbons (Fsp3) is 0.667. The SMILES string of the molecule is CCCS(=O)(=O)NCC(c1ccccc1OC)N1CCC(C)CC1. The molecule has 1 fully saturated rings. The summed E-state index contributed by atoms with van der Waals surface area (Å²) < 4.78 is 32.5. The van der Waals surface area contributed by atoms with Crippen LogP contribution >= 0.6 is 0 Å². The zero-order chi connectivity index (χ0) is 17.6. The van der Waals surface area contributed by atoms with Gasteiger partial charge in [-0.3, -0.25) is 4.90 Å². The predicted octanol–water partition coefficient (Wildman–Crippen LogP) is 2.80. The first-order chi connectivity index (χ1) is 11.5. The normalized spacial score (nSPS) is 18.5. The predicted molar refractivity (Wildman–Crippen MR) is 97.8 cm³/mol. The molecule has 6 heteroatoms. The lowest BCUT2D eigenvalue weighted by atomic mass is 9.95. The van der Waals surface area contributed by atoms with Gasteiger partial charge in [-0.15, -0.1) is 0 Å². The molecule has 0 aliphatic carbocycles. The first-order valence-electron chi connectivity index (χ1n) is 8.81. The average Bonchev–Trinajstić information content (AvgIpc) is 2.57. The van der Waals surface area contributed by atoms with Gasteiger partial charge in [0.2, 0.25) is 10.0 Å². The third kappa shape index (κ3) is 5.19. The second-order valence-corrected chi connectivity index (χ2v) is 8.57. The zero-order valence-electron chi connectivity index (χ0n) is 15.0. The molecule has 0 aromatic heterocycles. The number of benzene rings is 1. The van der Waals surface area contributed by atoms with Crippen molar-refractivity contribution in [2.24, 2.45) is 5.92 Å². The van der Waals surface area contributed by atoms with Crippen molar-refractivity contribution in [2.75, 3.05) is 32.5 Å². The molecular weight excluding hydrogens is 324 g/mol. The Morgan fingerprint density at radius 3 is 2.58 bits per heavy atom. The van der Waals surface area contributed by atoms with Crippen LogP contribution in [0.25, 0.3) is 0 Å². The van der Waals surface area contributed by atoms with E-state index in [1.54, 1.807) is 7.11 Å². The topological polar surface area (TPSA) is 58.6 Å². The summed E-state index contributed by atoms with van der Waals surface area (Å²) in [6.45, 7) is 6.51. The van der Waals surface area contributed by atoms with Gasteiger partial charge < -0.3 is 4.74 Å². The Balaban J connectivity index is 2.21. The van der Waals surface area contributed by atoms with Gasteiger partial charge in [-0.2, -0.15) is 0 Å². The fourth-order valence-electron chi connectivity index (χ4n) is 3.26. The summed E-state index contributed by atoms with van der Waals surface area (Å²) in [5, 5.41) is 0. The van der Waals surface area contributed by atoms with Crippen LogP contribution in [-0.4, -0.2) is 45.8 Å². The van der Waals surface area contributed by atoms with Crippen molar-refractivity contribution in [3.63, 3.8) is 0 Å². The maximum Gasteiger partial charge on any atom is 0.211 e. The van der Waals surface area contributed by atoms with E-state index in [0.29, 0.717) is 13.0 Å². The third-order valence-electron chi connectivity index (χ3n) is 4.73. The minimum atomic E-state index is -3.22. The van der Waals surface area contributed by atoms with Crippen LogP contribution in [0.2, 0.25) is 0 Å². The molecule has 2 rings (SSSR count). The highest BCUT2D eigenvalue weighted by atomic mass is 32.2. The lowest BCUT2D eigenvalue weighted by molar-refractivity contribution is 0.137. The molecule has 1 aromatic rings. The Bertz CT molecular complexity index is 610. The monoisotopic (exact) mass is 354 g/mol. The van der Waals surface area contributed by atoms with Gasteiger partial charge in [0.15, 0.2) is 0 Å². The van der Waals surface area contributed by atoms with Crippen LogP contribution < -0.4 is 9.46 Å². The second kappa shape index (κ2) is 8.83. The number of piperidine rings is 1. The molecule has 0 spiro atoms. The van der Waals surface area contributed by atoms with Crippen molar-refractivity contribution in [2.45, 2.75) is 39.2 Å². The molecule has 0 saturated carbocycles. The molecule has 24 heavy (non-hydrogen) atoms. The molecular formula is C18H30N2O3S. The van der Waals surface area contributed by atoms with Gasteiger partial charge in [0.25, 0.3) is 0 Å². The number of para-hydroxylation sites is 1. The standard InChI is InChI=1S/C18H30N2O3S/c1-4-13-24(21,22)19-14-17(20-11-9-15(2)10-12-20)16-7-5-6-8-18(16)23-3/h5-8,15,17,19H,4,9-14H2,1-3H3. The summed E-state index contributed by atoms with van der Waals surface area (Å²) in [6, 6.07) is 7.91. The molecule has 0 bridgehead atoms. The number of rotatable bonds is 8.